The third-order valence-electron chi connectivity index (χ3n) is 3.92. The van der Waals surface area contributed by atoms with Crippen molar-refractivity contribution in [2.75, 3.05) is 19.0 Å². The summed E-state index contributed by atoms with van der Waals surface area (Å²) >= 11 is 0. The highest BCUT2D eigenvalue weighted by molar-refractivity contribution is 6.25. The number of hydrogen-bond donors (Lipinski definition) is 0. The average Bonchev–Trinajstić information content (AvgIpc) is 2.51. The number of aromatic nitrogens is 2. The average molecular weight is 275 g/mol. The van der Waals surface area contributed by atoms with Crippen LogP contribution in [0, 0.1) is 0 Å². The topological polar surface area (TPSA) is 46.1 Å². The molecule has 4 rings (SSSR count). The van der Waals surface area contributed by atoms with Crippen LogP contribution >= 0.6 is 0 Å². The van der Waals surface area contributed by atoms with Gasteiger partial charge in [0.1, 0.15) is 6.33 Å². The molecule has 1 aliphatic carbocycles. The molecule has 1 aromatic heterocycles. The van der Waals surface area contributed by atoms with E-state index in [0.29, 0.717) is 11.1 Å². The lowest BCUT2D eigenvalue weighted by Crippen LogP contribution is -2.15. The quantitative estimate of drug-likeness (QED) is 0.536. The van der Waals surface area contributed by atoms with E-state index >= 15 is 0 Å². The number of rotatable bonds is 1. The maximum absolute atomic E-state index is 12.7. The first-order valence-electron chi connectivity index (χ1n) is 6.77. The first kappa shape index (κ1) is 12.0. The minimum atomic E-state index is 0.0446. The smallest absolute Gasteiger partial charge is 0.194 e. The molecular weight excluding hydrogens is 262 g/mol. The van der Waals surface area contributed by atoms with Gasteiger partial charge < -0.3 is 4.90 Å². The van der Waals surface area contributed by atoms with Crippen molar-refractivity contribution < 1.29 is 4.79 Å². The molecule has 0 saturated heterocycles. The van der Waals surface area contributed by atoms with E-state index in [0.717, 1.165) is 27.8 Å². The van der Waals surface area contributed by atoms with Crippen LogP contribution in [0.5, 0.6) is 0 Å². The van der Waals surface area contributed by atoms with Crippen molar-refractivity contribution in [3.8, 4) is 11.3 Å². The fourth-order valence-electron chi connectivity index (χ4n) is 2.95. The number of fused-ring (bicyclic) bond motifs is 2. The molecule has 0 fully saturated rings. The Morgan fingerprint density at radius 3 is 2.43 bits per heavy atom. The third-order valence-corrected chi connectivity index (χ3v) is 3.92. The van der Waals surface area contributed by atoms with Gasteiger partial charge in [-0.25, -0.2) is 9.97 Å². The molecule has 0 spiro atoms. The fourth-order valence-corrected chi connectivity index (χ4v) is 2.95. The predicted molar refractivity (Wildman–Crippen MR) is 82.7 cm³/mol. The number of nitrogens with zero attached hydrogens (tertiary/aromatic N) is 3. The molecule has 21 heavy (non-hydrogen) atoms. The second kappa shape index (κ2) is 4.12. The summed E-state index contributed by atoms with van der Waals surface area (Å²) in [6, 6.07) is 11.4. The standard InChI is InChI=1S/C17H13N3O/c1-20(2)13-8-7-12-14-15(18-9-19-16(13)14)10-5-3-4-6-11(10)17(12)21/h3-9H,1-2H3. The molecule has 0 bridgehead atoms. The van der Waals surface area contributed by atoms with Crippen molar-refractivity contribution in [2.45, 2.75) is 0 Å². The summed E-state index contributed by atoms with van der Waals surface area (Å²) < 4.78 is 0. The molecule has 102 valence electrons. The molecule has 1 heterocycles. The molecule has 0 aliphatic heterocycles. The van der Waals surface area contributed by atoms with Gasteiger partial charge in [0.25, 0.3) is 0 Å². The maximum atomic E-state index is 12.7. The molecule has 3 aromatic rings. The number of ketones is 1. The summed E-state index contributed by atoms with van der Waals surface area (Å²) in [4.78, 5) is 23.5. The summed E-state index contributed by atoms with van der Waals surface area (Å²) in [5.41, 5.74) is 4.94. The van der Waals surface area contributed by atoms with Gasteiger partial charge in [-0.05, 0) is 12.1 Å². The zero-order valence-electron chi connectivity index (χ0n) is 11.8. The van der Waals surface area contributed by atoms with Crippen LogP contribution in [0.2, 0.25) is 0 Å². The first-order chi connectivity index (χ1) is 10.2. The maximum Gasteiger partial charge on any atom is 0.194 e. The fraction of sp³-hybridized carbons (Fsp3) is 0.118. The van der Waals surface area contributed by atoms with E-state index in [2.05, 4.69) is 9.97 Å². The highest BCUT2D eigenvalue weighted by atomic mass is 16.1. The van der Waals surface area contributed by atoms with Crippen molar-refractivity contribution in [3.63, 3.8) is 0 Å². The van der Waals surface area contributed by atoms with Crippen LogP contribution in [0.1, 0.15) is 15.9 Å². The molecule has 4 nitrogen and oxygen atoms in total. The molecule has 0 saturated carbocycles. The number of carbonyl (C=O) groups is 1. The van der Waals surface area contributed by atoms with Gasteiger partial charge in [0.05, 0.1) is 16.9 Å². The van der Waals surface area contributed by atoms with Gasteiger partial charge in [-0.1, -0.05) is 24.3 Å². The highest BCUT2D eigenvalue weighted by Gasteiger charge is 2.27. The Balaban J connectivity index is 2.21. The Labute approximate surface area is 122 Å². The molecule has 0 atom stereocenters. The molecule has 1 aliphatic rings. The van der Waals surface area contributed by atoms with Crippen LogP contribution in [-0.4, -0.2) is 29.8 Å². The van der Waals surface area contributed by atoms with E-state index in [1.165, 1.54) is 0 Å². The van der Waals surface area contributed by atoms with Gasteiger partial charge in [0.15, 0.2) is 5.78 Å². The molecule has 0 radical (unpaired) electrons. The van der Waals surface area contributed by atoms with Crippen LogP contribution in [0.4, 0.5) is 5.69 Å². The molecular formula is C17H13N3O. The lowest BCUT2D eigenvalue weighted by molar-refractivity contribution is 0.104. The van der Waals surface area contributed by atoms with Gasteiger partial charge >= 0.3 is 0 Å². The highest BCUT2D eigenvalue weighted by Crippen LogP contribution is 2.39. The summed E-state index contributed by atoms with van der Waals surface area (Å²) in [7, 11) is 3.94. The lowest BCUT2D eigenvalue weighted by atomic mass is 9.86. The zero-order chi connectivity index (χ0) is 14.6. The number of hydrogen-bond acceptors (Lipinski definition) is 4. The van der Waals surface area contributed by atoms with Crippen molar-refractivity contribution in [1.29, 1.82) is 0 Å². The van der Waals surface area contributed by atoms with Crippen LogP contribution in [0.15, 0.2) is 42.7 Å². The summed E-state index contributed by atoms with van der Waals surface area (Å²) in [6.07, 6.45) is 1.57. The van der Waals surface area contributed by atoms with E-state index < -0.39 is 0 Å². The number of benzene rings is 2. The molecule has 0 amide bonds. The molecule has 2 aromatic carbocycles. The molecule has 0 N–H and O–H groups in total. The number of anilines is 1. The summed E-state index contributed by atoms with van der Waals surface area (Å²) in [5, 5.41) is 0.854. The summed E-state index contributed by atoms with van der Waals surface area (Å²) in [5.74, 6) is 0.0446. The van der Waals surface area contributed by atoms with Gasteiger partial charge in [0.2, 0.25) is 0 Å². The Bertz CT molecular complexity index is 900. The van der Waals surface area contributed by atoms with Crippen LogP contribution in [0.25, 0.3) is 22.2 Å². The normalized spacial score (nSPS) is 12.4. The van der Waals surface area contributed by atoms with E-state index in [-0.39, 0.29) is 5.78 Å². The van der Waals surface area contributed by atoms with Crippen LogP contribution in [0.3, 0.4) is 0 Å². The van der Waals surface area contributed by atoms with Crippen molar-refractivity contribution in [1.82, 2.24) is 9.97 Å². The van der Waals surface area contributed by atoms with Gasteiger partial charge in [0, 0.05) is 36.2 Å². The van der Waals surface area contributed by atoms with Gasteiger partial charge in [-0.2, -0.15) is 0 Å². The first-order valence-corrected chi connectivity index (χ1v) is 6.77. The van der Waals surface area contributed by atoms with E-state index in [9.17, 15) is 4.79 Å². The Kier molecular flexibility index (Phi) is 2.36. The second-order valence-electron chi connectivity index (χ2n) is 5.35. The largest absolute Gasteiger partial charge is 0.376 e. The van der Waals surface area contributed by atoms with Crippen molar-refractivity contribution in [2.24, 2.45) is 0 Å². The van der Waals surface area contributed by atoms with Gasteiger partial charge in [-0.15, -0.1) is 0 Å². The predicted octanol–water partition coefficient (Wildman–Crippen LogP) is 2.91. The minimum absolute atomic E-state index is 0.0446. The lowest BCUT2D eigenvalue weighted by Gasteiger charge is -2.21. The molecule has 4 heteroatoms. The van der Waals surface area contributed by atoms with E-state index in [4.69, 9.17) is 0 Å². The van der Waals surface area contributed by atoms with Gasteiger partial charge in [-0.3, -0.25) is 4.79 Å². The van der Waals surface area contributed by atoms with Crippen LogP contribution in [-0.2, 0) is 0 Å². The third kappa shape index (κ3) is 1.53. The van der Waals surface area contributed by atoms with Crippen molar-refractivity contribution >= 4 is 22.4 Å². The monoisotopic (exact) mass is 275 g/mol. The van der Waals surface area contributed by atoms with E-state index in [1.807, 2.05) is 55.4 Å². The van der Waals surface area contributed by atoms with E-state index in [1.54, 1.807) is 6.33 Å². The zero-order valence-corrected chi connectivity index (χ0v) is 11.8. The minimum Gasteiger partial charge on any atom is -0.376 e. The Morgan fingerprint density at radius 2 is 1.67 bits per heavy atom. The molecule has 0 unspecified atom stereocenters. The number of carbonyl (C=O) groups excluding carboxylic acids is 1. The Hall–Kier alpha value is -2.75. The van der Waals surface area contributed by atoms with Crippen molar-refractivity contribution in [3.05, 3.63) is 53.9 Å². The second-order valence-corrected chi connectivity index (χ2v) is 5.35. The Morgan fingerprint density at radius 1 is 0.905 bits per heavy atom. The van der Waals surface area contributed by atoms with Crippen LogP contribution < -0.4 is 4.90 Å². The SMILES string of the molecule is CN(C)c1ccc2c3c(ncnc13)-c1ccccc1C2=O. The summed E-state index contributed by atoms with van der Waals surface area (Å²) in [6.45, 7) is 0.